The number of hydrogen-bond acceptors (Lipinski definition) is 8. The summed E-state index contributed by atoms with van der Waals surface area (Å²) in [5.74, 6) is 1.71. The van der Waals surface area contributed by atoms with Crippen molar-refractivity contribution in [1.82, 2.24) is 0 Å². The number of nitrogens with zero attached hydrogens (tertiary/aromatic N) is 4. The van der Waals surface area contributed by atoms with E-state index >= 15 is 0 Å². The Morgan fingerprint density at radius 3 is 2.02 bits per heavy atom. The molecule has 2 aliphatic carbocycles. The van der Waals surface area contributed by atoms with Gasteiger partial charge in [-0.3, -0.25) is 41.4 Å². The van der Waals surface area contributed by atoms with Gasteiger partial charge in [0.15, 0.2) is 0 Å². The second-order valence-electron chi connectivity index (χ2n) is 13.5. The fraction of sp³-hybridized carbons (Fsp3) is 0.333. The fourth-order valence-corrected chi connectivity index (χ4v) is 8.84. The molecule has 7 rings (SSSR count). The van der Waals surface area contributed by atoms with Crippen molar-refractivity contribution in [1.29, 1.82) is 21.6 Å². The van der Waals surface area contributed by atoms with Crippen molar-refractivity contribution < 1.29 is 0 Å². The van der Waals surface area contributed by atoms with E-state index < -0.39 is 5.54 Å². The first-order chi connectivity index (χ1) is 24.2. The third-order valence-electron chi connectivity index (χ3n) is 9.77. The van der Waals surface area contributed by atoms with Gasteiger partial charge in [0.05, 0.1) is 23.8 Å². The Morgan fingerprint density at radius 1 is 0.941 bits per heavy atom. The maximum absolute atomic E-state index is 8.74. The second-order valence-corrected chi connectivity index (χ2v) is 16.8. The Labute approximate surface area is 317 Å². The molecule has 264 valence electrons. The molecule has 0 radical (unpaired) electrons. The van der Waals surface area contributed by atoms with Gasteiger partial charge in [0.25, 0.3) is 0 Å². The third kappa shape index (κ3) is 7.11. The highest BCUT2D eigenvalue weighted by Gasteiger charge is 2.52. The molecule has 2 fully saturated rings. The SMILES string of the molecule is CC(=N)N(C=N)c1sc(C)c(C)c1C(=NC1CC1C)c1ccc(Cl)cc1.CC(=N)N1C(=N)C2(CC2)N=C(c2ccc(Cl)cc2)c2c1sc(C)c2C. The molecule has 4 N–H and O–H groups in total. The van der Waals surface area contributed by atoms with E-state index in [1.807, 2.05) is 48.5 Å². The summed E-state index contributed by atoms with van der Waals surface area (Å²) in [7, 11) is 0. The van der Waals surface area contributed by atoms with Crippen molar-refractivity contribution in [2.75, 3.05) is 9.80 Å². The number of nitrogens with one attached hydrogen (secondary N) is 4. The summed E-state index contributed by atoms with van der Waals surface area (Å²) in [6.07, 6.45) is 4.03. The van der Waals surface area contributed by atoms with Gasteiger partial charge in [-0.25, -0.2) is 0 Å². The minimum atomic E-state index is -0.490. The third-order valence-corrected chi connectivity index (χ3v) is 12.7. The van der Waals surface area contributed by atoms with E-state index in [1.165, 1.54) is 21.7 Å². The molecule has 51 heavy (non-hydrogen) atoms. The highest BCUT2D eigenvalue weighted by molar-refractivity contribution is 7.17. The number of fused-ring (bicyclic) bond motifs is 1. The molecule has 2 aromatic heterocycles. The predicted octanol–water partition coefficient (Wildman–Crippen LogP) is 10.9. The van der Waals surface area contributed by atoms with Crippen molar-refractivity contribution >= 4 is 91.1 Å². The normalized spacial score (nSPS) is 18.7. The number of aliphatic imine (C=N–C) groups is 2. The zero-order valence-corrected chi connectivity index (χ0v) is 33.0. The topological polar surface area (TPSA) is 127 Å². The van der Waals surface area contributed by atoms with Crippen molar-refractivity contribution in [2.24, 2.45) is 15.9 Å². The summed E-state index contributed by atoms with van der Waals surface area (Å²) in [6, 6.07) is 15.8. The van der Waals surface area contributed by atoms with E-state index in [2.05, 4.69) is 34.6 Å². The molecular formula is C39H42Cl2N8S2. The lowest BCUT2D eigenvalue weighted by Gasteiger charge is -2.24. The summed E-state index contributed by atoms with van der Waals surface area (Å²) in [4.78, 5) is 15.9. The number of thiophene rings is 2. The van der Waals surface area contributed by atoms with Crippen molar-refractivity contribution in [3.63, 3.8) is 0 Å². The van der Waals surface area contributed by atoms with Crippen LogP contribution in [0.5, 0.6) is 0 Å². The van der Waals surface area contributed by atoms with Crippen molar-refractivity contribution in [2.45, 2.75) is 79.3 Å². The number of anilines is 2. The summed E-state index contributed by atoms with van der Waals surface area (Å²) < 4.78 is 0. The molecule has 2 saturated carbocycles. The standard InChI is InChI=1S/C20H23ClN4S.C19H19ClN4S/c1-11-9-17(11)24-19(15-5-7-16(21)8-6-15)18-12(2)13(3)26-20(18)25(10-22)14(4)23;1-10-11(2)25-17-15(10)16(13-4-6-14(20)7-5-13)23-19(8-9-19)18(22)24(17)12(3)21/h5-8,10-11,17,22-23H,9H2,1-4H3;4-7,21-22H,8-9H2,1-3H3. The largest absolute Gasteiger partial charge is 0.291 e. The van der Waals surface area contributed by atoms with Crippen LogP contribution in [0, 0.1) is 55.2 Å². The van der Waals surface area contributed by atoms with Crippen LogP contribution >= 0.6 is 45.9 Å². The zero-order chi connectivity index (χ0) is 36.9. The molecule has 0 saturated heterocycles. The van der Waals surface area contributed by atoms with Gasteiger partial charge < -0.3 is 0 Å². The van der Waals surface area contributed by atoms with Crippen molar-refractivity contribution in [3.05, 3.63) is 102 Å². The number of amidine groups is 3. The molecule has 12 heteroatoms. The molecule has 4 aromatic rings. The first kappa shape index (κ1) is 36.8. The van der Waals surface area contributed by atoms with Gasteiger partial charge in [0.1, 0.15) is 33.0 Å². The maximum Gasteiger partial charge on any atom is 0.135 e. The van der Waals surface area contributed by atoms with Gasteiger partial charge in [-0.15, -0.1) is 22.7 Å². The van der Waals surface area contributed by atoms with Crippen LogP contribution in [-0.4, -0.2) is 46.8 Å². The highest BCUT2D eigenvalue weighted by atomic mass is 35.5. The molecule has 2 atom stereocenters. The average molecular weight is 758 g/mol. The molecule has 3 aliphatic rings. The van der Waals surface area contributed by atoms with Crippen LogP contribution in [0.4, 0.5) is 10.0 Å². The fourth-order valence-electron chi connectivity index (χ4n) is 6.19. The molecule has 3 heterocycles. The van der Waals surface area contributed by atoms with E-state index in [1.54, 1.807) is 46.3 Å². The molecule has 0 bridgehead atoms. The minimum Gasteiger partial charge on any atom is -0.291 e. The first-order valence-electron chi connectivity index (χ1n) is 16.9. The van der Waals surface area contributed by atoms with Crippen LogP contribution in [0.25, 0.3) is 0 Å². The lowest BCUT2D eigenvalue weighted by molar-refractivity contribution is 0.888. The van der Waals surface area contributed by atoms with E-state index in [0.29, 0.717) is 39.5 Å². The number of aryl methyl sites for hydroxylation is 2. The van der Waals surface area contributed by atoms with E-state index in [0.717, 1.165) is 68.5 Å². The first-order valence-corrected chi connectivity index (χ1v) is 19.3. The van der Waals surface area contributed by atoms with Crippen LogP contribution in [0.3, 0.4) is 0 Å². The maximum atomic E-state index is 8.74. The van der Waals surface area contributed by atoms with E-state index in [4.69, 9.17) is 54.8 Å². The molecule has 2 aromatic carbocycles. The highest BCUT2D eigenvalue weighted by Crippen LogP contribution is 2.49. The van der Waals surface area contributed by atoms with Gasteiger partial charge in [-0.1, -0.05) is 54.4 Å². The molecule has 8 nitrogen and oxygen atoms in total. The van der Waals surface area contributed by atoms with Crippen LogP contribution < -0.4 is 9.80 Å². The molecule has 1 aliphatic heterocycles. The molecule has 2 unspecified atom stereocenters. The van der Waals surface area contributed by atoms with Gasteiger partial charge in [0.2, 0.25) is 0 Å². The van der Waals surface area contributed by atoms with Gasteiger partial charge in [0, 0.05) is 42.1 Å². The minimum absolute atomic E-state index is 0.317. The predicted molar refractivity (Wildman–Crippen MR) is 220 cm³/mol. The molecule has 1 spiro atoms. The van der Waals surface area contributed by atoms with Crippen LogP contribution in [0.15, 0.2) is 58.5 Å². The lowest BCUT2D eigenvalue weighted by Crippen LogP contribution is -2.41. The Kier molecular flexibility index (Phi) is 10.3. The Hall–Kier alpha value is -3.96. The number of benzene rings is 2. The van der Waals surface area contributed by atoms with Crippen LogP contribution in [-0.2, 0) is 0 Å². The summed E-state index contributed by atoms with van der Waals surface area (Å²) in [5.41, 5.74) is 7.77. The number of halogens is 2. The van der Waals surface area contributed by atoms with Gasteiger partial charge >= 0.3 is 0 Å². The Bertz CT molecular complexity index is 2120. The van der Waals surface area contributed by atoms with E-state index in [9.17, 15) is 0 Å². The van der Waals surface area contributed by atoms with Crippen LogP contribution in [0.1, 0.15) is 83.2 Å². The molecule has 0 amide bonds. The quantitative estimate of drug-likeness (QED) is 0.115. The van der Waals surface area contributed by atoms with Gasteiger partial charge in [-0.2, -0.15) is 0 Å². The Balaban J connectivity index is 0.000000176. The summed E-state index contributed by atoms with van der Waals surface area (Å²) >= 11 is 15.4. The zero-order valence-electron chi connectivity index (χ0n) is 29.8. The molecular weight excluding hydrogens is 716 g/mol. The number of rotatable bonds is 6. The Morgan fingerprint density at radius 2 is 1.51 bits per heavy atom. The van der Waals surface area contributed by atoms with Crippen molar-refractivity contribution in [3.8, 4) is 0 Å². The smallest absolute Gasteiger partial charge is 0.135 e. The summed E-state index contributed by atoms with van der Waals surface area (Å²) in [5, 5.41) is 36.0. The monoisotopic (exact) mass is 756 g/mol. The van der Waals surface area contributed by atoms with E-state index in [-0.39, 0.29) is 0 Å². The average Bonchev–Trinajstić information content (AvgIpc) is 3.98. The second kappa shape index (κ2) is 14.2. The number of hydrogen-bond donors (Lipinski definition) is 4. The lowest BCUT2D eigenvalue weighted by atomic mass is 9.99. The van der Waals surface area contributed by atoms with Gasteiger partial charge in [-0.05, 0) is 102 Å². The van der Waals surface area contributed by atoms with Crippen LogP contribution in [0.2, 0.25) is 10.0 Å². The summed E-state index contributed by atoms with van der Waals surface area (Å²) in [6.45, 7) is 14.0.